The van der Waals surface area contributed by atoms with Crippen LogP contribution in [0.1, 0.15) is 117 Å². The smallest absolute Gasteiger partial charge is 0.303 e. The van der Waals surface area contributed by atoms with Crippen LogP contribution in [0.15, 0.2) is 0 Å². The lowest BCUT2D eigenvalue weighted by Crippen LogP contribution is -2.15. The minimum Gasteiger partial charge on any atom is -0.481 e. The molecule has 1 atom stereocenters. The fourth-order valence-electron chi connectivity index (χ4n) is 2.71. The van der Waals surface area contributed by atoms with Crippen molar-refractivity contribution in [2.24, 2.45) is 0 Å². The molecule has 0 aromatic rings. The second-order valence-corrected chi connectivity index (χ2v) is 8.14. The molecule has 0 aromatic carbocycles. The van der Waals surface area contributed by atoms with Gasteiger partial charge in [-0.3, -0.25) is 4.79 Å². The molecule has 0 heterocycles. The third-order valence-corrected chi connectivity index (χ3v) is 4.68. The SMILES string of the molecule is CC(O)CO.CCCCCCCCCCCCCCCCCC(=O)O.OCC(O)CO. The molecule has 31 heavy (non-hydrogen) atoms. The standard InChI is InChI=1S/C18H36O2.C3H8O3.C3H8O2/c1-2-3-4-5-6-7-8-9-10-11-12-13-14-15-16-17-18(19)20;4-1-3(6)2-5;1-3(5)2-4/h2-17H2,1H3,(H,19,20);3-6H,1-2H2;3-5H,2H2,1H3. The first-order chi connectivity index (χ1) is 14.8. The first-order valence-corrected chi connectivity index (χ1v) is 12.3. The molecule has 0 saturated heterocycles. The van der Waals surface area contributed by atoms with Gasteiger partial charge in [0, 0.05) is 6.42 Å². The molecule has 1 unspecified atom stereocenters. The summed E-state index contributed by atoms with van der Waals surface area (Å²) in [5, 5.41) is 48.5. The summed E-state index contributed by atoms with van der Waals surface area (Å²) in [4.78, 5) is 10.3. The largest absolute Gasteiger partial charge is 0.481 e. The van der Waals surface area contributed by atoms with Crippen molar-refractivity contribution in [1.29, 1.82) is 0 Å². The molecule has 7 heteroatoms. The Morgan fingerprint density at radius 1 is 0.613 bits per heavy atom. The second kappa shape index (κ2) is 31.5. The number of carboxylic acids is 1. The number of aliphatic hydroxyl groups is 5. The summed E-state index contributed by atoms with van der Waals surface area (Å²) in [6.07, 6.45) is 18.7. The molecule has 6 N–H and O–H groups in total. The second-order valence-electron chi connectivity index (χ2n) is 8.14. The van der Waals surface area contributed by atoms with E-state index in [1.165, 1.54) is 90.4 Å². The van der Waals surface area contributed by atoms with Gasteiger partial charge in [0.15, 0.2) is 0 Å². The van der Waals surface area contributed by atoms with Crippen LogP contribution < -0.4 is 0 Å². The Balaban J connectivity index is -0.000000583. The maximum atomic E-state index is 10.3. The van der Waals surface area contributed by atoms with E-state index in [4.69, 9.17) is 30.6 Å². The minimum atomic E-state index is -0.954. The molecule has 7 nitrogen and oxygen atoms in total. The van der Waals surface area contributed by atoms with Gasteiger partial charge in [0.25, 0.3) is 0 Å². The number of unbranched alkanes of at least 4 members (excludes halogenated alkanes) is 14. The molecular weight excluding hydrogens is 400 g/mol. The summed E-state index contributed by atoms with van der Waals surface area (Å²) in [5.41, 5.74) is 0. The van der Waals surface area contributed by atoms with Crippen LogP contribution in [0.4, 0.5) is 0 Å². The maximum absolute atomic E-state index is 10.3. The molecule has 0 fully saturated rings. The summed E-state index contributed by atoms with van der Waals surface area (Å²) in [7, 11) is 0. The number of aliphatic hydroxyl groups excluding tert-OH is 5. The fourth-order valence-corrected chi connectivity index (χ4v) is 2.71. The van der Waals surface area contributed by atoms with Crippen LogP contribution in [0, 0.1) is 0 Å². The van der Waals surface area contributed by atoms with Gasteiger partial charge in [-0.25, -0.2) is 0 Å². The van der Waals surface area contributed by atoms with Crippen molar-refractivity contribution in [2.45, 2.75) is 129 Å². The van der Waals surface area contributed by atoms with Crippen LogP contribution in [0.25, 0.3) is 0 Å². The van der Waals surface area contributed by atoms with E-state index in [1.54, 1.807) is 0 Å². The highest BCUT2D eigenvalue weighted by Crippen LogP contribution is 2.13. The van der Waals surface area contributed by atoms with Crippen molar-refractivity contribution >= 4 is 5.97 Å². The number of rotatable bonds is 19. The molecular formula is C24H52O7. The average Bonchev–Trinajstić information content (AvgIpc) is 2.76. The molecule has 0 rings (SSSR count). The first-order valence-electron chi connectivity index (χ1n) is 12.3. The van der Waals surface area contributed by atoms with E-state index in [-0.39, 0.29) is 19.8 Å². The Morgan fingerprint density at radius 3 is 1.10 bits per heavy atom. The molecule has 0 radical (unpaired) electrons. The maximum Gasteiger partial charge on any atom is 0.303 e. The molecule has 0 bridgehead atoms. The lowest BCUT2D eigenvalue weighted by Gasteiger charge is -2.03. The molecule has 0 saturated carbocycles. The first kappa shape index (κ1) is 34.9. The van der Waals surface area contributed by atoms with Crippen LogP contribution in [0.2, 0.25) is 0 Å². The van der Waals surface area contributed by atoms with E-state index < -0.39 is 18.2 Å². The number of hydrogen-bond acceptors (Lipinski definition) is 6. The van der Waals surface area contributed by atoms with Gasteiger partial charge in [0.1, 0.15) is 6.10 Å². The predicted octanol–water partition coefficient (Wildman–Crippen LogP) is 4.02. The summed E-state index contributed by atoms with van der Waals surface area (Å²) in [6.45, 7) is 2.93. The third-order valence-electron chi connectivity index (χ3n) is 4.68. The highest BCUT2D eigenvalue weighted by molar-refractivity contribution is 5.66. The van der Waals surface area contributed by atoms with Crippen LogP contribution in [-0.2, 0) is 4.79 Å². The van der Waals surface area contributed by atoms with E-state index in [0.29, 0.717) is 6.42 Å². The lowest BCUT2D eigenvalue weighted by molar-refractivity contribution is -0.137. The average molecular weight is 453 g/mol. The zero-order chi connectivity index (χ0) is 24.2. The van der Waals surface area contributed by atoms with Crippen LogP contribution in [0.3, 0.4) is 0 Å². The van der Waals surface area contributed by atoms with Gasteiger partial charge in [0.2, 0.25) is 0 Å². The normalized spacial score (nSPS) is 11.4. The summed E-state index contributed by atoms with van der Waals surface area (Å²) < 4.78 is 0. The van der Waals surface area contributed by atoms with E-state index in [0.717, 1.165) is 12.8 Å². The Bertz CT molecular complexity index is 321. The van der Waals surface area contributed by atoms with E-state index >= 15 is 0 Å². The zero-order valence-corrected chi connectivity index (χ0v) is 20.2. The van der Waals surface area contributed by atoms with Crippen LogP contribution in [-0.4, -0.2) is 68.6 Å². The molecule has 190 valence electrons. The Morgan fingerprint density at radius 2 is 0.903 bits per heavy atom. The van der Waals surface area contributed by atoms with Gasteiger partial charge < -0.3 is 30.6 Å². The van der Waals surface area contributed by atoms with E-state index in [1.807, 2.05) is 0 Å². The van der Waals surface area contributed by atoms with Crippen molar-refractivity contribution in [3.63, 3.8) is 0 Å². The Hall–Kier alpha value is -0.730. The van der Waals surface area contributed by atoms with Gasteiger partial charge >= 0.3 is 5.97 Å². The van der Waals surface area contributed by atoms with Gasteiger partial charge in [-0.05, 0) is 13.3 Å². The highest BCUT2D eigenvalue weighted by Gasteiger charge is 1.97. The van der Waals surface area contributed by atoms with Crippen molar-refractivity contribution in [3.05, 3.63) is 0 Å². The third kappa shape index (κ3) is 43.9. The lowest BCUT2D eigenvalue weighted by atomic mass is 10.0. The van der Waals surface area contributed by atoms with E-state index in [2.05, 4.69) is 6.92 Å². The Labute approximate surface area is 190 Å². The van der Waals surface area contributed by atoms with Crippen LogP contribution in [0.5, 0.6) is 0 Å². The summed E-state index contributed by atoms with van der Waals surface area (Å²) >= 11 is 0. The number of carbonyl (C=O) groups is 1. The van der Waals surface area contributed by atoms with E-state index in [9.17, 15) is 4.79 Å². The zero-order valence-electron chi connectivity index (χ0n) is 20.2. The monoisotopic (exact) mass is 452 g/mol. The van der Waals surface area contributed by atoms with Crippen molar-refractivity contribution < 1.29 is 35.4 Å². The molecule has 0 aliphatic heterocycles. The van der Waals surface area contributed by atoms with Gasteiger partial charge in [-0.2, -0.15) is 0 Å². The quantitative estimate of drug-likeness (QED) is 0.163. The van der Waals surface area contributed by atoms with Gasteiger partial charge in [-0.15, -0.1) is 0 Å². The van der Waals surface area contributed by atoms with Crippen molar-refractivity contribution in [2.75, 3.05) is 19.8 Å². The van der Waals surface area contributed by atoms with Crippen molar-refractivity contribution in [1.82, 2.24) is 0 Å². The minimum absolute atomic E-state index is 0.139. The molecule has 0 aliphatic carbocycles. The highest BCUT2D eigenvalue weighted by atomic mass is 16.4. The predicted molar refractivity (Wildman–Crippen MR) is 126 cm³/mol. The van der Waals surface area contributed by atoms with Gasteiger partial charge in [0.05, 0.1) is 25.9 Å². The van der Waals surface area contributed by atoms with Crippen molar-refractivity contribution in [3.8, 4) is 0 Å². The number of aliphatic carboxylic acids is 1. The number of carboxylic acid groups (broad SMARTS) is 1. The fraction of sp³-hybridized carbons (Fsp3) is 0.958. The summed E-state index contributed by atoms with van der Waals surface area (Å²) in [6, 6.07) is 0. The van der Waals surface area contributed by atoms with Crippen LogP contribution >= 0.6 is 0 Å². The molecule has 0 amide bonds. The topological polar surface area (TPSA) is 138 Å². The van der Waals surface area contributed by atoms with Gasteiger partial charge in [-0.1, -0.05) is 96.8 Å². The molecule has 0 spiro atoms. The molecule has 0 aromatic heterocycles. The molecule has 0 aliphatic rings. The summed E-state index contributed by atoms with van der Waals surface area (Å²) in [5.74, 6) is -0.653. The number of hydrogen-bond donors (Lipinski definition) is 6. The Kier molecular flexibility index (Phi) is 35.4.